The molecular weight excluding hydrogens is 768 g/mol. The molecule has 1 amide bonds. The number of amides is 1. The standard InChI is InChI=1S/C51H91N2O6P/c1-6-8-10-12-14-16-18-20-22-23-24-25-26-27-28-29-31-33-35-37-39-41-43-45-51(55)52-49(48-59-60(56,57)58-47-46-53(3,4)5)50(54)44-42-40-38-36-34-32-30-21-19-17-15-13-11-9-7-2/h8,10,14,16,20,22,24-25,27-28,34,36,42,44,49-50,54H,6-7,9,11-13,15,17-19,21,23,26,29-33,35,37-41,43,45-48H2,1-5H3,(H-,52,55,56,57)/p+1/b10-8-,16-14-,22-20-,25-24-,28-27-,36-34+,44-42+. The van der Waals surface area contributed by atoms with E-state index in [1.165, 1.54) is 77.0 Å². The predicted molar refractivity (Wildman–Crippen MR) is 258 cm³/mol. The number of quaternary nitrogens is 1. The van der Waals surface area contributed by atoms with Crippen LogP contribution in [0.3, 0.4) is 0 Å². The Balaban J connectivity index is 4.42. The average Bonchev–Trinajstić information content (AvgIpc) is 3.20. The molecule has 0 rings (SSSR count). The molecule has 0 saturated heterocycles. The minimum Gasteiger partial charge on any atom is -0.387 e. The Morgan fingerprint density at radius 2 is 1.02 bits per heavy atom. The summed E-state index contributed by atoms with van der Waals surface area (Å²) < 4.78 is 23.6. The molecule has 0 bridgehead atoms. The number of unbranched alkanes of at least 4 members (excludes halogenated alkanes) is 17. The summed E-state index contributed by atoms with van der Waals surface area (Å²) in [6.07, 6.45) is 58.0. The Bertz CT molecular complexity index is 1250. The predicted octanol–water partition coefficient (Wildman–Crippen LogP) is 13.7. The summed E-state index contributed by atoms with van der Waals surface area (Å²) in [6, 6.07) is -0.874. The van der Waals surface area contributed by atoms with Gasteiger partial charge in [0.2, 0.25) is 5.91 Å². The highest BCUT2D eigenvalue weighted by Gasteiger charge is 2.27. The van der Waals surface area contributed by atoms with E-state index in [0.29, 0.717) is 17.4 Å². The van der Waals surface area contributed by atoms with Crippen molar-refractivity contribution < 1.29 is 32.9 Å². The topological polar surface area (TPSA) is 105 Å². The number of hydrogen-bond donors (Lipinski definition) is 3. The van der Waals surface area contributed by atoms with Crippen molar-refractivity contribution in [2.24, 2.45) is 0 Å². The van der Waals surface area contributed by atoms with Crippen molar-refractivity contribution in [3.8, 4) is 0 Å². The molecule has 3 atom stereocenters. The molecule has 3 unspecified atom stereocenters. The molecule has 0 spiro atoms. The number of nitrogens with one attached hydrogen (secondary N) is 1. The Hall–Kier alpha value is -2.32. The fourth-order valence-corrected chi connectivity index (χ4v) is 7.05. The van der Waals surface area contributed by atoms with Gasteiger partial charge in [-0.2, -0.15) is 0 Å². The van der Waals surface area contributed by atoms with Gasteiger partial charge in [-0.15, -0.1) is 0 Å². The third-order valence-corrected chi connectivity index (χ3v) is 11.1. The number of aliphatic hydroxyl groups excluding tert-OH is 1. The van der Waals surface area contributed by atoms with Crippen molar-refractivity contribution in [1.29, 1.82) is 0 Å². The van der Waals surface area contributed by atoms with E-state index in [1.807, 2.05) is 27.2 Å². The number of carbonyl (C=O) groups excluding carboxylic acids is 1. The van der Waals surface area contributed by atoms with E-state index >= 15 is 0 Å². The molecule has 0 saturated carbocycles. The number of phosphoric acid groups is 1. The first-order valence-corrected chi connectivity index (χ1v) is 25.5. The number of rotatable bonds is 42. The number of nitrogens with zero attached hydrogens (tertiary/aromatic N) is 1. The molecule has 0 fully saturated rings. The number of hydrogen-bond acceptors (Lipinski definition) is 5. The van der Waals surface area contributed by atoms with Crippen LogP contribution in [0.1, 0.15) is 181 Å². The summed E-state index contributed by atoms with van der Waals surface area (Å²) in [4.78, 5) is 23.2. The van der Waals surface area contributed by atoms with Crippen molar-refractivity contribution in [2.75, 3.05) is 40.9 Å². The number of likely N-dealkylation sites (N-methyl/N-ethyl adjacent to an activating group) is 1. The van der Waals surface area contributed by atoms with Crippen LogP contribution in [-0.4, -0.2) is 73.4 Å². The van der Waals surface area contributed by atoms with E-state index < -0.39 is 20.0 Å². The monoisotopic (exact) mass is 860 g/mol. The van der Waals surface area contributed by atoms with E-state index in [4.69, 9.17) is 9.05 Å². The Morgan fingerprint density at radius 3 is 1.53 bits per heavy atom. The Labute approximate surface area is 369 Å². The van der Waals surface area contributed by atoms with Crippen LogP contribution in [0.4, 0.5) is 0 Å². The molecule has 0 aliphatic carbocycles. The van der Waals surface area contributed by atoms with Crippen LogP contribution in [0.15, 0.2) is 85.1 Å². The Morgan fingerprint density at radius 1 is 0.583 bits per heavy atom. The lowest BCUT2D eigenvalue weighted by Gasteiger charge is -2.25. The molecule has 3 N–H and O–H groups in total. The van der Waals surface area contributed by atoms with Gasteiger partial charge in [0.05, 0.1) is 39.9 Å². The maximum absolute atomic E-state index is 12.9. The molecule has 60 heavy (non-hydrogen) atoms. The van der Waals surface area contributed by atoms with Crippen LogP contribution in [0.2, 0.25) is 0 Å². The van der Waals surface area contributed by atoms with Crippen LogP contribution in [0.5, 0.6) is 0 Å². The second-order valence-corrected chi connectivity index (χ2v) is 18.5. The molecule has 0 aliphatic rings. The largest absolute Gasteiger partial charge is 0.472 e. The third-order valence-electron chi connectivity index (χ3n) is 10.1. The minimum absolute atomic E-state index is 0.0493. The molecule has 0 aromatic carbocycles. The molecule has 0 aliphatic heterocycles. The van der Waals surface area contributed by atoms with Crippen LogP contribution in [0.25, 0.3) is 0 Å². The number of aliphatic hydroxyl groups is 1. The van der Waals surface area contributed by atoms with Crippen LogP contribution >= 0.6 is 7.82 Å². The SMILES string of the molecule is CC/C=C\C/C=C\C/C=C\C/C=C\C/C=C\CCCCCCCCCC(=O)NC(COP(=O)(O)OCC[N+](C)(C)C)C(O)/C=C/CC/C=C/CCCCCCCCCCC. The van der Waals surface area contributed by atoms with Crippen LogP contribution in [0, 0.1) is 0 Å². The van der Waals surface area contributed by atoms with E-state index in [-0.39, 0.29) is 19.1 Å². The highest BCUT2D eigenvalue weighted by atomic mass is 31.2. The molecule has 0 heterocycles. The lowest BCUT2D eigenvalue weighted by Crippen LogP contribution is -2.45. The van der Waals surface area contributed by atoms with E-state index in [0.717, 1.165) is 83.5 Å². The van der Waals surface area contributed by atoms with Gasteiger partial charge in [0, 0.05) is 6.42 Å². The fraction of sp³-hybridized carbons (Fsp3) is 0.706. The maximum Gasteiger partial charge on any atom is 0.472 e. The summed E-state index contributed by atoms with van der Waals surface area (Å²) in [5.74, 6) is -0.203. The second-order valence-electron chi connectivity index (χ2n) is 17.1. The van der Waals surface area contributed by atoms with Gasteiger partial charge in [0.25, 0.3) is 0 Å². The smallest absolute Gasteiger partial charge is 0.387 e. The normalized spacial score (nSPS) is 15.0. The first kappa shape index (κ1) is 57.7. The van der Waals surface area contributed by atoms with Gasteiger partial charge in [-0.05, 0) is 77.0 Å². The minimum atomic E-state index is -4.36. The van der Waals surface area contributed by atoms with Gasteiger partial charge < -0.3 is 19.8 Å². The highest BCUT2D eigenvalue weighted by molar-refractivity contribution is 7.47. The van der Waals surface area contributed by atoms with Gasteiger partial charge in [0.1, 0.15) is 13.2 Å². The fourth-order valence-electron chi connectivity index (χ4n) is 6.32. The zero-order valence-corrected chi connectivity index (χ0v) is 40.1. The molecular formula is C51H92N2O6P+. The van der Waals surface area contributed by atoms with Gasteiger partial charge in [-0.1, -0.05) is 182 Å². The van der Waals surface area contributed by atoms with Crippen LogP contribution in [-0.2, 0) is 18.4 Å². The zero-order chi connectivity index (χ0) is 44.3. The van der Waals surface area contributed by atoms with E-state index in [1.54, 1.807) is 6.08 Å². The lowest BCUT2D eigenvalue weighted by molar-refractivity contribution is -0.870. The van der Waals surface area contributed by atoms with Crippen molar-refractivity contribution in [3.63, 3.8) is 0 Å². The molecule has 0 aromatic heterocycles. The molecule has 9 heteroatoms. The van der Waals surface area contributed by atoms with Gasteiger partial charge in [-0.3, -0.25) is 13.8 Å². The lowest BCUT2D eigenvalue weighted by atomic mass is 10.1. The van der Waals surface area contributed by atoms with Crippen molar-refractivity contribution in [2.45, 2.75) is 193 Å². The van der Waals surface area contributed by atoms with E-state index in [9.17, 15) is 19.4 Å². The molecule has 0 radical (unpaired) electrons. The third kappa shape index (κ3) is 43.8. The van der Waals surface area contributed by atoms with Gasteiger partial charge >= 0.3 is 7.82 Å². The van der Waals surface area contributed by atoms with E-state index in [2.05, 4.69) is 92.1 Å². The number of carbonyl (C=O) groups is 1. The van der Waals surface area contributed by atoms with Crippen molar-refractivity contribution in [3.05, 3.63) is 85.1 Å². The zero-order valence-electron chi connectivity index (χ0n) is 39.2. The van der Waals surface area contributed by atoms with Gasteiger partial charge in [-0.25, -0.2) is 4.57 Å². The molecule has 0 aromatic rings. The maximum atomic E-state index is 12.9. The second kappa shape index (κ2) is 42.0. The van der Waals surface area contributed by atoms with Crippen molar-refractivity contribution in [1.82, 2.24) is 5.32 Å². The summed E-state index contributed by atoms with van der Waals surface area (Å²) in [6.45, 7) is 4.65. The average molecular weight is 860 g/mol. The summed E-state index contributed by atoms with van der Waals surface area (Å²) in [5, 5.41) is 13.8. The quantitative estimate of drug-likeness (QED) is 0.0244. The van der Waals surface area contributed by atoms with Crippen molar-refractivity contribution >= 4 is 13.7 Å². The summed E-state index contributed by atoms with van der Waals surface area (Å²) >= 11 is 0. The molecule has 8 nitrogen and oxygen atoms in total. The Kier molecular flexibility index (Phi) is 40.4. The number of phosphoric ester groups is 1. The summed E-state index contributed by atoms with van der Waals surface area (Å²) in [5.41, 5.74) is 0. The van der Waals surface area contributed by atoms with Gasteiger partial charge in [0.15, 0.2) is 0 Å². The first-order chi connectivity index (χ1) is 29.0. The summed E-state index contributed by atoms with van der Waals surface area (Å²) in [7, 11) is 1.53. The number of allylic oxidation sites excluding steroid dienone is 13. The highest BCUT2D eigenvalue weighted by Crippen LogP contribution is 2.43. The first-order valence-electron chi connectivity index (χ1n) is 24.0. The van der Waals surface area contributed by atoms with Crippen LogP contribution < -0.4 is 5.32 Å². The molecule has 346 valence electrons.